The molecule has 0 heterocycles. The van der Waals surface area contributed by atoms with E-state index in [9.17, 15) is 22.8 Å². The van der Waals surface area contributed by atoms with Crippen LogP contribution in [-0.4, -0.2) is 38.6 Å². The molecule has 8 nitrogen and oxygen atoms in total. The minimum Gasteiger partial charge on any atom is -0.349 e. The Hall–Kier alpha value is -3.72. The van der Waals surface area contributed by atoms with Crippen molar-refractivity contribution in [3.05, 3.63) is 72.3 Å². The molecule has 0 aliphatic rings. The Labute approximate surface area is 205 Å². The average molecular weight is 496 g/mol. The number of unbranched alkanes of at least 4 members (excludes halogenated alkanes) is 1. The lowest BCUT2D eigenvalue weighted by molar-refractivity contribution is -0.124. The summed E-state index contributed by atoms with van der Waals surface area (Å²) >= 11 is 0. The Morgan fingerprint density at radius 3 is 2.26 bits per heavy atom. The molecule has 0 aliphatic carbocycles. The van der Waals surface area contributed by atoms with E-state index in [1.54, 1.807) is 18.2 Å². The number of hydrogen-bond donors (Lipinski definition) is 3. The Bertz CT molecular complexity index is 1320. The van der Waals surface area contributed by atoms with Crippen molar-refractivity contribution in [2.75, 3.05) is 11.3 Å². The quantitative estimate of drug-likeness (QED) is 0.375. The van der Waals surface area contributed by atoms with Crippen molar-refractivity contribution in [3.63, 3.8) is 0 Å². The van der Waals surface area contributed by atoms with E-state index in [1.165, 1.54) is 31.2 Å². The molecule has 0 radical (unpaired) electrons. The average Bonchev–Trinajstić information content (AvgIpc) is 2.84. The second-order valence-corrected chi connectivity index (χ2v) is 9.92. The highest BCUT2D eigenvalue weighted by Crippen LogP contribution is 2.21. The number of rotatable bonds is 11. The maximum absolute atomic E-state index is 12.8. The number of hydrogen-bond acceptors (Lipinski definition) is 5. The molecule has 1 atom stereocenters. The summed E-state index contributed by atoms with van der Waals surface area (Å²) in [5, 5.41) is 6.94. The van der Waals surface area contributed by atoms with Crippen molar-refractivity contribution in [2.24, 2.45) is 0 Å². The lowest BCUT2D eigenvalue weighted by Gasteiger charge is -2.18. The van der Waals surface area contributed by atoms with E-state index in [2.05, 4.69) is 15.4 Å². The van der Waals surface area contributed by atoms with Gasteiger partial charge < -0.3 is 10.6 Å². The monoisotopic (exact) mass is 495 g/mol. The van der Waals surface area contributed by atoms with Gasteiger partial charge in [-0.3, -0.25) is 19.1 Å². The van der Waals surface area contributed by atoms with E-state index in [1.807, 2.05) is 31.2 Å². The molecule has 0 aliphatic heterocycles. The predicted octanol–water partition coefficient (Wildman–Crippen LogP) is 3.63. The van der Waals surface area contributed by atoms with E-state index >= 15 is 0 Å². The maximum atomic E-state index is 12.8. The van der Waals surface area contributed by atoms with Crippen molar-refractivity contribution in [1.82, 2.24) is 10.6 Å². The second kappa shape index (κ2) is 11.6. The van der Waals surface area contributed by atoms with Gasteiger partial charge in [0, 0.05) is 18.2 Å². The zero-order valence-corrected chi connectivity index (χ0v) is 20.5. The number of carbonyl (C=O) groups excluding carboxylic acids is 3. The zero-order valence-electron chi connectivity index (χ0n) is 19.7. The molecular weight excluding hydrogens is 466 g/mol. The largest absolute Gasteiger partial charge is 0.349 e. The minimum absolute atomic E-state index is 0.134. The fourth-order valence-electron chi connectivity index (χ4n) is 3.54. The first-order valence-electron chi connectivity index (χ1n) is 11.4. The van der Waals surface area contributed by atoms with Crippen LogP contribution >= 0.6 is 0 Å². The van der Waals surface area contributed by atoms with Gasteiger partial charge in [-0.15, -0.1) is 0 Å². The molecule has 0 saturated heterocycles. The minimum atomic E-state index is -3.82. The van der Waals surface area contributed by atoms with Crippen LogP contribution in [0.15, 0.2) is 71.6 Å². The number of nitrogens with one attached hydrogen (secondary N) is 3. The highest BCUT2D eigenvalue weighted by atomic mass is 32.2. The summed E-state index contributed by atoms with van der Waals surface area (Å²) in [6.45, 7) is 3.15. The van der Waals surface area contributed by atoms with Gasteiger partial charge in [0.25, 0.3) is 15.9 Å². The van der Waals surface area contributed by atoms with Crippen molar-refractivity contribution in [3.8, 4) is 0 Å². The van der Waals surface area contributed by atoms with Crippen LogP contribution in [0.1, 0.15) is 43.5 Å². The Balaban J connectivity index is 1.68. The third kappa shape index (κ3) is 7.13. The highest BCUT2D eigenvalue weighted by Gasteiger charge is 2.21. The van der Waals surface area contributed by atoms with Gasteiger partial charge in [-0.25, -0.2) is 8.42 Å². The third-order valence-electron chi connectivity index (χ3n) is 5.48. The van der Waals surface area contributed by atoms with Gasteiger partial charge in [-0.05, 0) is 53.6 Å². The first-order chi connectivity index (χ1) is 16.7. The molecule has 3 aromatic carbocycles. The summed E-state index contributed by atoms with van der Waals surface area (Å²) in [5.41, 5.74) is 0.589. The molecule has 0 aromatic heterocycles. The first-order valence-corrected chi connectivity index (χ1v) is 12.9. The van der Waals surface area contributed by atoms with Crippen LogP contribution < -0.4 is 15.4 Å². The summed E-state index contributed by atoms with van der Waals surface area (Å²) in [7, 11) is -3.82. The van der Waals surface area contributed by atoms with Gasteiger partial charge >= 0.3 is 0 Å². The van der Waals surface area contributed by atoms with Crippen LogP contribution in [0.2, 0.25) is 0 Å². The molecule has 0 spiro atoms. The molecule has 2 amide bonds. The normalized spacial score (nSPS) is 12.1. The van der Waals surface area contributed by atoms with Crippen LogP contribution in [0.3, 0.4) is 0 Å². The number of carbonyl (C=O) groups is 3. The van der Waals surface area contributed by atoms with E-state index in [0.29, 0.717) is 12.1 Å². The molecule has 184 valence electrons. The Kier molecular flexibility index (Phi) is 8.59. The first kappa shape index (κ1) is 25.9. The van der Waals surface area contributed by atoms with Crippen molar-refractivity contribution in [1.29, 1.82) is 0 Å². The van der Waals surface area contributed by atoms with E-state index < -0.39 is 22.0 Å². The van der Waals surface area contributed by atoms with Gasteiger partial charge in [0.1, 0.15) is 0 Å². The number of amides is 2. The van der Waals surface area contributed by atoms with Gasteiger partial charge in [-0.2, -0.15) is 0 Å². The fraction of sp³-hybridized carbons (Fsp3) is 0.269. The maximum Gasteiger partial charge on any atom is 0.261 e. The number of fused-ring (bicyclic) bond motifs is 1. The molecule has 3 aromatic rings. The van der Waals surface area contributed by atoms with Gasteiger partial charge in [-0.1, -0.05) is 50.1 Å². The van der Waals surface area contributed by atoms with Gasteiger partial charge in [0.2, 0.25) is 5.91 Å². The number of Topliss-reactive ketones (excluding diaryl/α,β-unsaturated/α-hetero) is 1. The molecule has 0 saturated carbocycles. The number of ketones is 1. The van der Waals surface area contributed by atoms with Crippen LogP contribution in [0.25, 0.3) is 10.8 Å². The van der Waals surface area contributed by atoms with Crippen LogP contribution in [0.4, 0.5) is 5.69 Å². The highest BCUT2D eigenvalue weighted by molar-refractivity contribution is 7.92. The summed E-state index contributed by atoms with van der Waals surface area (Å²) in [6.07, 6.45) is 2.06. The zero-order chi connectivity index (χ0) is 25.4. The number of anilines is 1. The third-order valence-corrected chi connectivity index (χ3v) is 6.86. The van der Waals surface area contributed by atoms with Crippen LogP contribution in [0.5, 0.6) is 0 Å². The predicted molar refractivity (Wildman–Crippen MR) is 136 cm³/mol. The summed E-state index contributed by atoms with van der Waals surface area (Å²) in [4.78, 5) is 36.4. The van der Waals surface area contributed by atoms with Crippen molar-refractivity contribution in [2.45, 2.75) is 44.0 Å². The number of benzene rings is 3. The lowest BCUT2D eigenvalue weighted by atomic mass is 10.0. The summed E-state index contributed by atoms with van der Waals surface area (Å²) in [6, 6.07) is 17.6. The Morgan fingerprint density at radius 2 is 1.60 bits per heavy atom. The summed E-state index contributed by atoms with van der Waals surface area (Å²) in [5.74, 6) is -1.05. The molecular formula is C26H29N3O5S. The molecule has 0 fully saturated rings. The summed E-state index contributed by atoms with van der Waals surface area (Å²) < 4.78 is 28.2. The molecule has 1 unspecified atom stereocenters. The van der Waals surface area contributed by atoms with Gasteiger partial charge in [0.05, 0.1) is 17.5 Å². The molecule has 0 bridgehead atoms. The van der Waals surface area contributed by atoms with E-state index in [-0.39, 0.29) is 28.7 Å². The SMILES string of the molecule is CCCCC(NC(=O)c1ccc(NS(=O)(=O)c2ccc3ccccc3c2)cc1)C(=O)CNC(C)=O. The fourth-order valence-corrected chi connectivity index (χ4v) is 4.63. The topological polar surface area (TPSA) is 121 Å². The standard InChI is InChI=1S/C26H29N3O5S/c1-3-4-9-24(25(31)17-27-18(2)30)28-26(32)20-10-13-22(14-11-20)29-35(33,34)23-15-12-19-7-5-6-8-21(19)16-23/h5-8,10-16,24,29H,3-4,9,17H2,1-2H3,(H,27,30)(H,28,32). The molecule has 3 N–H and O–H groups in total. The van der Waals surface area contributed by atoms with Crippen molar-refractivity contribution >= 4 is 44.1 Å². The second-order valence-electron chi connectivity index (χ2n) is 8.24. The van der Waals surface area contributed by atoms with E-state index in [0.717, 1.165) is 23.6 Å². The van der Waals surface area contributed by atoms with Crippen LogP contribution in [-0.2, 0) is 19.6 Å². The molecule has 35 heavy (non-hydrogen) atoms. The smallest absolute Gasteiger partial charge is 0.261 e. The lowest BCUT2D eigenvalue weighted by Crippen LogP contribution is -2.45. The van der Waals surface area contributed by atoms with Crippen LogP contribution in [0, 0.1) is 0 Å². The van der Waals surface area contributed by atoms with Gasteiger partial charge in [0.15, 0.2) is 5.78 Å². The molecule has 9 heteroatoms. The Morgan fingerprint density at radius 1 is 0.914 bits per heavy atom. The molecule has 3 rings (SSSR count). The van der Waals surface area contributed by atoms with Crippen molar-refractivity contribution < 1.29 is 22.8 Å². The number of sulfonamides is 1. The van der Waals surface area contributed by atoms with E-state index in [4.69, 9.17) is 0 Å².